The van der Waals surface area contributed by atoms with Crippen molar-refractivity contribution in [1.29, 1.82) is 0 Å². The fourth-order valence-corrected chi connectivity index (χ4v) is 1.93. The van der Waals surface area contributed by atoms with Crippen LogP contribution in [0.25, 0.3) is 17.0 Å². The van der Waals surface area contributed by atoms with Crippen LogP contribution in [0.4, 0.5) is 13.2 Å². The SMILES string of the molecule is C=Cc1nn(C)c2cc(C(F)(F)F)cc(C)c12. The van der Waals surface area contributed by atoms with E-state index >= 15 is 0 Å². The summed E-state index contributed by atoms with van der Waals surface area (Å²) in [4.78, 5) is 0. The molecule has 2 aromatic rings. The molecule has 0 unspecified atom stereocenters. The zero-order chi connectivity index (χ0) is 12.8. The van der Waals surface area contributed by atoms with Crippen LogP contribution in [0.3, 0.4) is 0 Å². The quantitative estimate of drug-likeness (QED) is 0.745. The summed E-state index contributed by atoms with van der Waals surface area (Å²) in [5, 5.41) is 4.84. The van der Waals surface area contributed by atoms with E-state index < -0.39 is 11.7 Å². The van der Waals surface area contributed by atoms with Gasteiger partial charge in [0.1, 0.15) is 0 Å². The molecule has 0 aliphatic carbocycles. The number of aromatic nitrogens is 2. The predicted octanol–water partition coefficient (Wildman–Crippen LogP) is 3.54. The zero-order valence-electron chi connectivity index (χ0n) is 9.47. The Bertz CT molecular complexity index is 594. The molecule has 0 saturated carbocycles. The molecule has 0 fully saturated rings. The van der Waals surface area contributed by atoms with E-state index in [1.807, 2.05) is 0 Å². The molecule has 0 atom stereocenters. The van der Waals surface area contributed by atoms with Crippen molar-refractivity contribution in [2.75, 3.05) is 0 Å². The van der Waals surface area contributed by atoms with Crippen molar-refractivity contribution in [3.63, 3.8) is 0 Å². The minimum absolute atomic E-state index is 0.465. The van der Waals surface area contributed by atoms with E-state index in [-0.39, 0.29) is 0 Å². The highest BCUT2D eigenvalue weighted by Gasteiger charge is 2.31. The predicted molar refractivity (Wildman–Crippen MR) is 60.5 cm³/mol. The summed E-state index contributed by atoms with van der Waals surface area (Å²) in [7, 11) is 1.62. The number of fused-ring (bicyclic) bond motifs is 1. The van der Waals surface area contributed by atoms with Crippen molar-refractivity contribution >= 4 is 17.0 Å². The summed E-state index contributed by atoms with van der Waals surface area (Å²) in [6.07, 6.45) is -2.79. The van der Waals surface area contributed by atoms with Crippen LogP contribution in [0.5, 0.6) is 0 Å². The summed E-state index contributed by atoms with van der Waals surface area (Å²) in [5.74, 6) is 0. The van der Waals surface area contributed by atoms with Crippen LogP contribution >= 0.6 is 0 Å². The number of hydrogen-bond acceptors (Lipinski definition) is 1. The smallest absolute Gasteiger partial charge is 0.267 e. The number of nitrogens with zero attached hydrogens (tertiary/aromatic N) is 2. The topological polar surface area (TPSA) is 17.8 Å². The second-order valence-corrected chi connectivity index (χ2v) is 3.90. The Hall–Kier alpha value is -1.78. The van der Waals surface area contributed by atoms with Gasteiger partial charge in [0, 0.05) is 12.4 Å². The van der Waals surface area contributed by atoms with Crippen molar-refractivity contribution in [1.82, 2.24) is 9.78 Å². The Balaban J connectivity index is 2.83. The van der Waals surface area contributed by atoms with E-state index in [1.54, 1.807) is 20.0 Å². The molecule has 1 aromatic heterocycles. The number of aryl methyl sites for hydroxylation is 2. The van der Waals surface area contributed by atoms with Crippen LogP contribution in [0.15, 0.2) is 18.7 Å². The molecule has 1 heterocycles. The summed E-state index contributed by atoms with van der Waals surface area (Å²) in [6.45, 7) is 5.25. The van der Waals surface area contributed by atoms with E-state index in [2.05, 4.69) is 11.7 Å². The second-order valence-electron chi connectivity index (χ2n) is 3.90. The fraction of sp³-hybridized carbons (Fsp3) is 0.250. The highest BCUT2D eigenvalue weighted by molar-refractivity contribution is 5.90. The number of halogens is 3. The highest BCUT2D eigenvalue weighted by Crippen LogP contribution is 2.34. The standard InChI is InChI=1S/C12H11F3N2/c1-4-9-11-7(2)5-8(12(13,14)15)6-10(11)17(3)16-9/h4-6H,1H2,2-3H3. The maximum Gasteiger partial charge on any atom is 0.416 e. The summed E-state index contributed by atoms with van der Waals surface area (Å²) >= 11 is 0. The summed E-state index contributed by atoms with van der Waals surface area (Å²) < 4.78 is 39.4. The summed E-state index contributed by atoms with van der Waals surface area (Å²) in [6, 6.07) is 2.25. The van der Waals surface area contributed by atoms with Gasteiger partial charge in [-0.3, -0.25) is 4.68 Å². The molecule has 0 aliphatic heterocycles. The van der Waals surface area contributed by atoms with Crippen molar-refractivity contribution in [2.45, 2.75) is 13.1 Å². The van der Waals surface area contributed by atoms with Crippen molar-refractivity contribution in [2.24, 2.45) is 7.05 Å². The molecule has 0 N–H and O–H groups in total. The van der Waals surface area contributed by atoms with E-state index in [0.29, 0.717) is 16.8 Å². The van der Waals surface area contributed by atoms with Gasteiger partial charge in [-0.05, 0) is 30.7 Å². The van der Waals surface area contributed by atoms with Gasteiger partial charge in [0.05, 0.1) is 16.8 Å². The first-order valence-electron chi connectivity index (χ1n) is 5.01. The third kappa shape index (κ3) is 1.81. The number of alkyl halides is 3. The Morgan fingerprint density at radius 3 is 2.53 bits per heavy atom. The molecular weight excluding hydrogens is 229 g/mol. The molecule has 1 aromatic carbocycles. The first-order chi connectivity index (χ1) is 7.84. The van der Waals surface area contributed by atoms with Crippen molar-refractivity contribution in [3.05, 3.63) is 35.5 Å². The lowest BCUT2D eigenvalue weighted by molar-refractivity contribution is -0.137. The number of hydrogen-bond donors (Lipinski definition) is 0. The average Bonchev–Trinajstić information content (AvgIpc) is 2.55. The van der Waals surface area contributed by atoms with E-state index in [9.17, 15) is 13.2 Å². The Kier molecular flexibility index (Phi) is 2.49. The number of benzene rings is 1. The van der Waals surface area contributed by atoms with Crippen molar-refractivity contribution in [3.8, 4) is 0 Å². The van der Waals surface area contributed by atoms with E-state index in [4.69, 9.17) is 0 Å². The lowest BCUT2D eigenvalue weighted by Gasteiger charge is -2.08. The molecule has 0 amide bonds. The van der Waals surface area contributed by atoms with Gasteiger partial charge >= 0.3 is 6.18 Å². The zero-order valence-corrected chi connectivity index (χ0v) is 9.47. The van der Waals surface area contributed by atoms with Gasteiger partial charge in [-0.25, -0.2) is 0 Å². The van der Waals surface area contributed by atoms with E-state index in [1.165, 1.54) is 4.68 Å². The van der Waals surface area contributed by atoms with Crippen LogP contribution in [0.2, 0.25) is 0 Å². The number of rotatable bonds is 1. The molecule has 0 bridgehead atoms. The fourth-order valence-electron chi connectivity index (χ4n) is 1.93. The van der Waals surface area contributed by atoms with Crippen LogP contribution in [0, 0.1) is 6.92 Å². The average molecular weight is 240 g/mol. The molecule has 0 spiro atoms. The third-order valence-electron chi connectivity index (χ3n) is 2.70. The van der Waals surface area contributed by atoms with Gasteiger partial charge in [0.15, 0.2) is 0 Å². The van der Waals surface area contributed by atoms with Crippen LogP contribution in [-0.2, 0) is 13.2 Å². The molecule has 0 saturated heterocycles. The van der Waals surface area contributed by atoms with Crippen LogP contribution in [0.1, 0.15) is 16.8 Å². The first kappa shape index (κ1) is 11.7. The van der Waals surface area contributed by atoms with Crippen molar-refractivity contribution < 1.29 is 13.2 Å². The molecule has 2 rings (SSSR count). The van der Waals surface area contributed by atoms with Gasteiger partial charge in [0.2, 0.25) is 0 Å². The molecule has 2 nitrogen and oxygen atoms in total. The third-order valence-corrected chi connectivity index (χ3v) is 2.70. The lowest BCUT2D eigenvalue weighted by Crippen LogP contribution is -2.05. The maximum atomic E-state index is 12.7. The molecule has 17 heavy (non-hydrogen) atoms. The highest BCUT2D eigenvalue weighted by atomic mass is 19.4. The van der Waals surface area contributed by atoms with Crippen LogP contribution < -0.4 is 0 Å². The lowest BCUT2D eigenvalue weighted by atomic mass is 10.0. The maximum absolute atomic E-state index is 12.7. The Labute approximate surface area is 96.4 Å². The molecule has 0 radical (unpaired) electrons. The normalized spacial score (nSPS) is 12.1. The largest absolute Gasteiger partial charge is 0.416 e. The van der Waals surface area contributed by atoms with Gasteiger partial charge in [-0.15, -0.1) is 0 Å². The first-order valence-corrected chi connectivity index (χ1v) is 5.01. The van der Waals surface area contributed by atoms with Gasteiger partial charge < -0.3 is 0 Å². The minimum atomic E-state index is -4.34. The second kappa shape index (κ2) is 3.61. The van der Waals surface area contributed by atoms with E-state index in [0.717, 1.165) is 17.5 Å². The molecular formula is C12H11F3N2. The van der Waals surface area contributed by atoms with Crippen LogP contribution in [-0.4, -0.2) is 9.78 Å². The Morgan fingerprint density at radius 2 is 2.00 bits per heavy atom. The molecule has 90 valence electrons. The molecule has 0 aliphatic rings. The van der Waals surface area contributed by atoms with Gasteiger partial charge in [-0.2, -0.15) is 18.3 Å². The molecule has 5 heteroatoms. The minimum Gasteiger partial charge on any atom is -0.267 e. The summed E-state index contributed by atoms with van der Waals surface area (Å²) in [5.41, 5.74) is 0.972. The monoisotopic (exact) mass is 240 g/mol. The van der Waals surface area contributed by atoms with Gasteiger partial charge in [-0.1, -0.05) is 6.58 Å². The Morgan fingerprint density at radius 1 is 1.35 bits per heavy atom. The van der Waals surface area contributed by atoms with Gasteiger partial charge in [0.25, 0.3) is 0 Å².